The van der Waals surface area contributed by atoms with Crippen molar-refractivity contribution in [3.8, 4) is 0 Å². The lowest BCUT2D eigenvalue weighted by Crippen LogP contribution is -2.29. The Morgan fingerprint density at radius 1 is 1.50 bits per heavy atom. The van der Waals surface area contributed by atoms with Gasteiger partial charge in [-0.2, -0.15) is 10.3 Å². The summed E-state index contributed by atoms with van der Waals surface area (Å²) in [5.41, 5.74) is 0. The summed E-state index contributed by atoms with van der Waals surface area (Å²) in [6.45, 7) is 0. The summed E-state index contributed by atoms with van der Waals surface area (Å²) in [5, 5.41) is 10.00. The smallest absolute Gasteiger partial charge is 0.295 e. The van der Waals surface area contributed by atoms with Gasteiger partial charge in [0.1, 0.15) is 0 Å². The van der Waals surface area contributed by atoms with Gasteiger partial charge in [-0.15, -0.1) is 0 Å². The minimum Gasteiger partial charge on any atom is -0.295 e. The Labute approximate surface area is 82.6 Å². The molecule has 0 aromatic rings. The molecule has 3 atom stereocenters. The molecule has 1 aliphatic carbocycles. The number of nitrogens with zero attached hydrogens (tertiary/aromatic N) is 2. The molecule has 0 bridgehead atoms. The van der Waals surface area contributed by atoms with Crippen molar-refractivity contribution >= 4 is 7.75 Å². The topological polar surface area (TPSA) is 72.3 Å². The molecule has 0 aromatic carbocycles. The van der Waals surface area contributed by atoms with Gasteiger partial charge in [0.15, 0.2) is 0 Å². The maximum Gasteiger partial charge on any atom is 0.449 e. The van der Waals surface area contributed by atoms with Crippen LogP contribution in [0.25, 0.3) is 0 Å². The second-order valence-corrected chi connectivity index (χ2v) is 5.26. The lowest BCUT2D eigenvalue weighted by Gasteiger charge is -2.26. The monoisotopic (exact) mass is 219 g/mol. The third-order valence-electron chi connectivity index (χ3n) is 2.56. The normalized spacial score (nSPS) is 42.4. The predicted molar refractivity (Wildman–Crippen MR) is 49.7 cm³/mol. The molecule has 14 heavy (non-hydrogen) atoms. The summed E-state index contributed by atoms with van der Waals surface area (Å²) < 4.78 is 21.9. The van der Waals surface area contributed by atoms with E-state index in [2.05, 4.69) is 15.5 Å². The molecule has 80 valence electrons. The fourth-order valence-corrected chi connectivity index (χ4v) is 2.75. The van der Waals surface area contributed by atoms with Crippen molar-refractivity contribution in [2.24, 2.45) is 10.3 Å². The zero-order valence-electron chi connectivity index (χ0n) is 8.05. The predicted octanol–water partition coefficient (Wildman–Crippen LogP) is 2.04. The highest BCUT2D eigenvalue weighted by atomic mass is 31.2. The van der Waals surface area contributed by atoms with Gasteiger partial charge in [-0.05, 0) is 12.8 Å². The van der Waals surface area contributed by atoms with Crippen LogP contribution >= 0.6 is 7.75 Å². The van der Waals surface area contributed by atoms with Crippen LogP contribution in [0, 0.1) is 0 Å². The molecule has 1 unspecified atom stereocenters. The molecule has 2 rings (SSSR count). The first-order chi connectivity index (χ1) is 6.73. The maximum atomic E-state index is 11.8. The summed E-state index contributed by atoms with van der Waals surface area (Å²) >= 11 is 0. The molecule has 0 saturated heterocycles. The molecule has 1 fully saturated rings. The zero-order valence-corrected chi connectivity index (χ0v) is 8.94. The van der Waals surface area contributed by atoms with Crippen LogP contribution in [0.5, 0.6) is 0 Å². The van der Waals surface area contributed by atoms with Crippen LogP contribution in [0.1, 0.15) is 25.7 Å². The Morgan fingerprint density at radius 3 is 3.07 bits per heavy atom. The van der Waals surface area contributed by atoms with E-state index in [1.54, 1.807) is 0 Å². The Balaban J connectivity index is 2.13. The quantitative estimate of drug-likeness (QED) is 0.685. The first kappa shape index (κ1) is 10.1. The van der Waals surface area contributed by atoms with Crippen LogP contribution in [0.4, 0.5) is 0 Å². The third-order valence-corrected chi connectivity index (χ3v) is 3.92. The Hall–Kier alpha value is -0.450. The fourth-order valence-electron chi connectivity index (χ4n) is 1.77. The van der Waals surface area contributed by atoms with Gasteiger partial charge in [0, 0.05) is 7.11 Å². The van der Waals surface area contributed by atoms with Crippen molar-refractivity contribution in [3.05, 3.63) is 0 Å². The van der Waals surface area contributed by atoms with Crippen molar-refractivity contribution in [3.63, 3.8) is 0 Å². The van der Waals surface area contributed by atoms with Gasteiger partial charge in [0.2, 0.25) is 0 Å². The number of rotatable bonds is 1. The van der Waals surface area contributed by atoms with Crippen molar-refractivity contribution in [1.29, 1.82) is 0 Å². The molecule has 0 spiro atoms. The van der Waals surface area contributed by atoms with Crippen LogP contribution in [0.15, 0.2) is 10.3 Å². The minimum atomic E-state index is -3.24. The van der Waals surface area contributed by atoms with Gasteiger partial charge >= 0.3 is 7.75 Å². The standard InChI is InChI=1S/C7H14N3O3P/c1-12-14(11)10-9-8-6-4-2-3-5-7(6)13-14/h6-7H,2-5H2,1H3,(H,8,10,11)/t6-,7+,14?/m0/s1. The summed E-state index contributed by atoms with van der Waals surface area (Å²) in [7, 11) is -1.90. The van der Waals surface area contributed by atoms with Crippen molar-refractivity contribution in [2.45, 2.75) is 37.8 Å². The Bertz CT molecular complexity index is 283. The Morgan fingerprint density at radius 2 is 2.29 bits per heavy atom. The van der Waals surface area contributed by atoms with E-state index in [1.807, 2.05) is 0 Å². The average molecular weight is 219 g/mol. The highest BCUT2D eigenvalue weighted by molar-refractivity contribution is 7.51. The molecule has 1 heterocycles. The van der Waals surface area contributed by atoms with Crippen LogP contribution in [-0.4, -0.2) is 19.3 Å². The lowest BCUT2D eigenvalue weighted by atomic mass is 9.93. The second kappa shape index (κ2) is 3.96. The summed E-state index contributed by atoms with van der Waals surface area (Å²) in [6.07, 6.45) is 3.91. The van der Waals surface area contributed by atoms with Gasteiger partial charge < -0.3 is 0 Å². The second-order valence-electron chi connectivity index (χ2n) is 3.49. The van der Waals surface area contributed by atoms with E-state index in [9.17, 15) is 4.57 Å². The molecule has 0 aromatic heterocycles. The highest BCUT2D eigenvalue weighted by Crippen LogP contribution is 2.48. The molecule has 1 aliphatic heterocycles. The van der Waals surface area contributed by atoms with E-state index in [0.29, 0.717) is 0 Å². The summed E-state index contributed by atoms with van der Waals surface area (Å²) in [6, 6.07) is 0.0298. The van der Waals surface area contributed by atoms with Crippen LogP contribution in [0.3, 0.4) is 0 Å². The first-order valence-corrected chi connectivity index (χ1v) is 6.29. The first-order valence-electron chi connectivity index (χ1n) is 4.75. The van der Waals surface area contributed by atoms with E-state index in [4.69, 9.17) is 9.05 Å². The fraction of sp³-hybridized carbons (Fsp3) is 1.00. The summed E-state index contributed by atoms with van der Waals surface area (Å²) in [5.74, 6) is 0. The number of hydrogen-bond donors (Lipinski definition) is 1. The molecular weight excluding hydrogens is 205 g/mol. The van der Waals surface area contributed by atoms with Crippen molar-refractivity contribution < 1.29 is 13.6 Å². The average Bonchev–Trinajstić information content (AvgIpc) is 2.37. The molecule has 6 nitrogen and oxygen atoms in total. The van der Waals surface area contributed by atoms with Gasteiger partial charge in [-0.3, -0.25) is 9.05 Å². The molecule has 0 radical (unpaired) electrons. The molecule has 1 N–H and O–H groups in total. The number of hydrogen-bond acceptors (Lipinski definition) is 5. The van der Waals surface area contributed by atoms with Crippen LogP contribution in [-0.2, 0) is 13.6 Å². The molecule has 1 saturated carbocycles. The van der Waals surface area contributed by atoms with Crippen LogP contribution in [0.2, 0.25) is 0 Å². The minimum absolute atomic E-state index is 0.0298. The SMILES string of the molecule is COP1(=O)NN=N[C@H]2CCCC[C@H]2O1. The third kappa shape index (κ3) is 1.97. The summed E-state index contributed by atoms with van der Waals surface area (Å²) in [4.78, 5) is 0. The van der Waals surface area contributed by atoms with Gasteiger partial charge in [-0.1, -0.05) is 18.1 Å². The molecule has 0 amide bonds. The highest BCUT2D eigenvalue weighted by Gasteiger charge is 2.36. The van der Waals surface area contributed by atoms with Gasteiger partial charge in [0.25, 0.3) is 0 Å². The van der Waals surface area contributed by atoms with Crippen molar-refractivity contribution in [1.82, 2.24) is 5.20 Å². The number of nitrogens with one attached hydrogen (secondary N) is 1. The van der Waals surface area contributed by atoms with E-state index >= 15 is 0 Å². The Kier molecular flexibility index (Phi) is 2.85. The van der Waals surface area contributed by atoms with Crippen LogP contribution < -0.4 is 5.20 Å². The lowest BCUT2D eigenvalue weighted by molar-refractivity contribution is 0.111. The van der Waals surface area contributed by atoms with Gasteiger partial charge in [-0.25, -0.2) is 4.57 Å². The van der Waals surface area contributed by atoms with E-state index in [0.717, 1.165) is 25.7 Å². The van der Waals surface area contributed by atoms with E-state index < -0.39 is 7.75 Å². The van der Waals surface area contributed by atoms with E-state index in [-0.39, 0.29) is 12.1 Å². The molecular formula is C7H14N3O3P. The largest absolute Gasteiger partial charge is 0.449 e. The van der Waals surface area contributed by atoms with Crippen molar-refractivity contribution in [2.75, 3.05) is 7.11 Å². The maximum absolute atomic E-state index is 11.8. The van der Waals surface area contributed by atoms with E-state index in [1.165, 1.54) is 7.11 Å². The zero-order chi connectivity index (χ0) is 10.0. The number of fused-ring (bicyclic) bond motifs is 1. The molecule has 2 aliphatic rings. The van der Waals surface area contributed by atoms with Gasteiger partial charge in [0.05, 0.1) is 12.1 Å². The molecule has 7 heteroatoms.